The summed E-state index contributed by atoms with van der Waals surface area (Å²) in [6.07, 6.45) is 6.26. The van der Waals surface area contributed by atoms with E-state index in [-0.39, 0.29) is 11.8 Å². The SMILES string of the molecule is O=C(NCCc1ccc(Br)cc1)C1CCn2cncc2C1. The van der Waals surface area contributed by atoms with E-state index in [9.17, 15) is 4.79 Å². The van der Waals surface area contributed by atoms with Crippen molar-refractivity contribution in [3.05, 3.63) is 52.5 Å². The van der Waals surface area contributed by atoms with E-state index in [2.05, 4.69) is 42.9 Å². The van der Waals surface area contributed by atoms with Crippen molar-refractivity contribution in [1.29, 1.82) is 0 Å². The van der Waals surface area contributed by atoms with Crippen molar-refractivity contribution in [1.82, 2.24) is 14.9 Å². The summed E-state index contributed by atoms with van der Waals surface area (Å²) in [5, 5.41) is 3.06. The van der Waals surface area contributed by atoms with Crippen molar-refractivity contribution < 1.29 is 4.79 Å². The molecule has 0 aliphatic carbocycles. The molecular formula is C16H18BrN3O. The fraction of sp³-hybridized carbons (Fsp3) is 0.375. The van der Waals surface area contributed by atoms with E-state index in [0.29, 0.717) is 6.54 Å². The van der Waals surface area contributed by atoms with Gasteiger partial charge in [-0.15, -0.1) is 0 Å². The Balaban J connectivity index is 1.48. The maximum absolute atomic E-state index is 12.2. The van der Waals surface area contributed by atoms with Gasteiger partial charge in [0.1, 0.15) is 0 Å². The number of aryl methyl sites for hydroxylation is 1. The van der Waals surface area contributed by atoms with Gasteiger partial charge in [0.2, 0.25) is 5.91 Å². The number of amides is 1. The summed E-state index contributed by atoms with van der Waals surface area (Å²) in [7, 11) is 0. The largest absolute Gasteiger partial charge is 0.356 e. The van der Waals surface area contributed by atoms with Gasteiger partial charge in [-0.05, 0) is 30.5 Å². The van der Waals surface area contributed by atoms with Crippen LogP contribution >= 0.6 is 15.9 Å². The predicted octanol–water partition coefficient (Wildman–Crippen LogP) is 2.57. The van der Waals surface area contributed by atoms with Gasteiger partial charge < -0.3 is 9.88 Å². The van der Waals surface area contributed by atoms with E-state index >= 15 is 0 Å². The molecule has 5 heteroatoms. The number of nitrogens with zero attached hydrogens (tertiary/aromatic N) is 2. The molecule has 1 unspecified atom stereocenters. The smallest absolute Gasteiger partial charge is 0.223 e. The molecule has 1 aromatic heterocycles. The van der Waals surface area contributed by atoms with Crippen molar-refractivity contribution in [2.45, 2.75) is 25.8 Å². The number of carbonyl (C=O) groups excluding carboxylic acids is 1. The van der Waals surface area contributed by atoms with Crippen LogP contribution in [-0.4, -0.2) is 22.0 Å². The Morgan fingerprint density at radius 3 is 3.00 bits per heavy atom. The van der Waals surface area contributed by atoms with Crippen molar-refractivity contribution in [2.24, 2.45) is 5.92 Å². The van der Waals surface area contributed by atoms with Gasteiger partial charge in [0.05, 0.1) is 6.33 Å². The molecule has 0 spiro atoms. The molecule has 0 radical (unpaired) electrons. The molecule has 0 saturated carbocycles. The van der Waals surface area contributed by atoms with Gasteiger partial charge in [-0.2, -0.15) is 0 Å². The number of hydrogen-bond donors (Lipinski definition) is 1. The molecule has 21 heavy (non-hydrogen) atoms. The first-order chi connectivity index (χ1) is 10.2. The Labute approximate surface area is 132 Å². The summed E-state index contributed by atoms with van der Waals surface area (Å²) in [5.41, 5.74) is 2.40. The van der Waals surface area contributed by atoms with Gasteiger partial charge in [-0.1, -0.05) is 28.1 Å². The Kier molecular flexibility index (Phi) is 4.39. The van der Waals surface area contributed by atoms with Crippen LogP contribution < -0.4 is 5.32 Å². The molecule has 1 N–H and O–H groups in total. The monoisotopic (exact) mass is 347 g/mol. The maximum atomic E-state index is 12.2. The molecule has 1 aliphatic heterocycles. The molecule has 110 valence electrons. The first-order valence-corrected chi connectivity index (χ1v) is 8.03. The number of benzene rings is 1. The first-order valence-electron chi connectivity index (χ1n) is 7.23. The normalized spacial score (nSPS) is 17.3. The Hall–Kier alpha value is -1.62. The van der Waals surface area contributed by atoms with Gasteiger partial charge in [0.15, 0.2) is 0 Å². The van der Waals surface area contributed by atoms with Crippen LogP contribution in [0, 0.1) is 5.92 Å². The standard InChI is InChI=1S/C16H18BrN3O/c17-14-3-1-12(2-4-14)5-7-19-16(21)13-6-8-20-11-18-10-15(20)9-13/h1-4,10-11,13H,5-9H2,(H,19,21). The third kappa shape index (κ3) is 3.53. The van der Waals surface area contributed by atoms with Gasteiger partial charge in [0.25, 0.3) is 0 Å². The van der Waals surface area contributed by atoms with Crippen LogP contribution in [0.15, 0.2) is 41.3 Å². The number of aromatic nitrogens is 2. The van der Waals surface area contributed by atoms with E-state index in [4.69, 9.17) is 0 Å². The highest BCUT2D eigenvalue weighted by molar-refractivity contribution is 9.10. The van der Waals surface area contributed by atoms with E-state index in [0.717, 1.165) is 36.0 Å². The van der Waals surface area contributed by atoms with Crippen LogP contribution in [0.25, 0.3) is 0 Å². The molecule has 0 bridgehead atoms. The lowest BCUT2D eigenvalue weighted by atomic mass is 9.95. The third-order valence-corrected chi connectivity index (χ3v) is 4.50. The molecule has 1 aliphatic rings. The molecule has 3 rings (SSSR count). The zero-order valence-electron chi connectivity index (χ0n) is 11.8. The zero-order valence-corrected chi connectivity index (χ0v) is 13.3. The molecule has 0 fully saturated rings. The lowest BCUT2D eigenvalue weighted by Gasteiger charge is -2.22. The third-order valence-electron chi connectivity index (χ3n) is 3.97. The molecular weight excluding hydrogens is 330 g/mol. The summed E-state index contributed by atoms with van der Waals surface area (Å²) < 4.78 is 3.21. The molecule has 0 saturated heterocycles. The molecule has 2 heterocycles. The highest BCUT2D eigenvalue weighted by atomic mass is 79.9. The molecule has 1 atom stereocenters. The summed E-state index contributed by atoms with van der Waals surface area (Å²) >= 11 is 3.42. The molecule has 4 nitrogen and oxygen atoms in total. The Morgan fingerprint density at radius 1 is 1.38 bits per heavy atom. The summed E-state index contributed by atoms with van der Waals surface area (Å²) in [6.45, 7) is 1.58. The highest BCUT2D eigenvalue weighted by Crippen LogP contribution is 2.20. The lowest BCUT2D eigenvalue weighted by molar-refractivity contribution is -0.125. The van der Waals surface area contributed by atoms with Crippen LogP contribution in [0.1, 0.15) is 17.7 Å². The molecule has 1 aromatic carbocycles. The Morgan fingerprint density at radius 2 is 2.19 bits per heavy atom. The summed E-state index contributed by atoms with van der Waals surface area (Å²) in [5.74, 6) is 0.249. The van der Waals surface area contributed by atoms with Crippen molar-refractivity contribution in [3.8, 4) is 0 Å². The van der Waals surface area contributed by atoms with Gasteiger partial charge >= 0.3 is 0 Å². The van der Waals surface area contributed by atoms with Crippen LogP contribution in [-0.2, 0) is 24.2 Å². The van der Waals surface area contributed by atoms with E-state index in [1.807, 2.05) is 24.7 Å². The average molecular weight is 348 g/mol. The van der Waals surface area contributed by atoms with Crippen molar-refractivity contribution >= 4 is 21.8 Å². The van der Waals surface area contributed by atoms with Crippen molar-refractivity contribution in [2.75, 3.05) is 6.54 Å². The molecule has 1 amide bonds. The second kappa shape index (κ2) is 6.43. The number of nitrogens with one attached hydrogen (secondary N) is 1. The zero-order chi connectivity index (χ0) is 14.7. The van der Waals surface area contributed by atoms with Crippen molar-refractivity contribution in [3.63, 3.8) is 0 Å². The second-order valence-corrected chi connectivity index (χ2v) is 6.35. The van der Waals surface area contributed by atoms with Crippen LogP contribution in [0.5, 0.6) is 0 Å². The van der Waals surface area contributed by atoms with Gasteiger partial charge in [-0.3, -0.25) is 4.79 Å². The minimum Gasteiger partial charge on any atom is -0.356 e. The molecule has 2 aromatic rings. The topological polar surface area (TPSA) is 46.9 Å². The number of halogens is 1. The van der Waals surface area contributed by atoms with E-state index in [1.54, 1.807) is 0 Å². The van der Waals surface area contributed by atoms with E-state index in [1.165, 1.54) is 5.56 Å². The first kappa shape index (κ1) is 14.3. The maximum Gasteiger partial charge on any atom is 0.223 e. The average Bonchev–Trinajstić information content (AvgIpc) is 2.96. The van der Waals surface area contributed by atoms with E-state index < -0.39 is 0 Å². The van der Waals surface area contributed by atoms with Gasteiger partial charge in [0, 0.05) is 41.8 Å². The number of fused-ring (bicyclic) bond motifs is 1. The summed E-state index contributed by atoms with van der Waals surface area (Å²) in [4.78, 5) is 16.4. The van der Waals surface area contributed by atoms with Crippen LogP contribution in [0.2, 0.25) is 0 Å². The van der Waals surface area contributed by atoms with Crippen LogP contribution in [0.3, 0.4) is 0 Å². The number of hydrogen-bond acceptors (Lipinski definition) is 2. The van der Waals surface area contributed by atoms with Gasteiger partial charge in [-0.25, -0.2) is 4.98 Å². The second-order valence-electron chi connectivity index (χ2n) is 5.44. The Bertz CT molecular complexity index is 621. The fourth-order valence-corrected chi connectivity index (χ4v) is 2.98. The quantitative estimate of drug-likeness (QED) is 0.923. The number of carbonyl (C=O) groups is 1. The highest BCUT2D eigenvalue weighted by Gasteiger charge is 2.24. The summed E-state index contributed by atoms with van der Waals surface area (Å²) in [6, 6.07) is 8.21. The van der Waals surface area contributed by atoms with Crippen LogP contribution in [0.4, 0.5) is 0 Å². The predicted molar refractivity (Wildman–Crippen MR) is 84.9 cm³/mol. The number of imidazole rings is 1. The fourth-order valence-electron chi connectivity index (χ4n) is 2.72. The minimum absolute atomic E-state index is 0.0825. The number of rotatable bonds is 4. The lowest BCUT2D eigenvalue weighted by Crippen LogP contribution is -2.36. The minimum atomic E-state index is 0.0825.